The topological polar surface area (TPSA) is 110 Å². The van der Waals surface area contributed by atoms with Gasteiger partial charge in [0.2, 0.25) is 5.91 Å². The summed E-state index contributed by atoms with van der Waals surface area (Å²) >= 11 is 0. The lowest BCUT2D eigenvalue weighted by Gasteiger charge is -2.27. The minimum Gasteiger partial charge on any atom is -0.394 e. The lowest BCUT2D eigenvalue weighted by atomic mass is 10.00. The molecule has 0 spiro atoms. The first-order chi connectivity index (χ1) is 38.5. The van der Waals surface area contributed by atoms with Crippen molar-refractivity contribution >= 4 is 5.91 Å². The highest BCUT2D eigenvalue weighted by molar-refractivity contribution is 5.80. The van der Waals surface area contributed by atoms with Crippen LogP contribution in [0.25, 0.3) is 0 Å². The summed E-state index contributed by atoms with van der Waals surface area (Å²) in [6.07, 6.45) is 85.7. The Kier molecular flexibility index (Phi) is 65.1. The summed E-state index contributed by atoms with van der Waals surface area (Å²) in [5, 5.41) is 44.2. The molecule has 0 saturated carbocycles. The fourth-order valence-corrected chi connectivity index (χ4v) is 11.3. The van der Waals surface area contributed by atoms with E-state index in [0.717, 1.165) is 38.5 Å². The van der Waals surface area contributed by atoms with Gasteiger partial charge in [-0.15, -0.1) is 0 Å². The molecule has 0 aliphatic heterocycles. The van der Waals surface area contributed by atoms with E-state index in [-0.39, 0.29) is 0 Å². The lowest BCUT2D eigenvalue weighted by molar-refractivity contribution is -0.132. The van der Waals surface area contributed by atoms with Crippen molar-refractivity contribution in [1.82, 2.24) is 5.32 Å². The molecule has 0 saturated heterocycles. The van der Waals surface area contributed by atoms with E-state index in [1.165, 1.54) is 315 Å². The van der Waals surface area contributed by atoms with Gasteiger partial charge in [-0.1, -0.05) is 346 Å². The van der Waals surface area contributed by atoms with E-state index in [9.17, 15) is 25.2 Å². The van der Waals surface area contributed by atoms with Crippen molar-refractivity contribution in [3.63, 3.8) is 0 Å². The summed E-state index contributed by atoms with van der Waals surface area (Å²) in [6, 6.07) is -1.01. The van der Waals surface area contributed by atoms with Crippen LogP contribution in [0.5, 0.6) is 0 Å². The zero-order chi connectivity index (χ0) is 56.6. The van der Waals surface area contributed by atoms with Gasteiger partial charge in [0, 0.05) is 0 Å². The van der Waals surface area contributed by atoms with Crippen molar-refractivity contribution in [2.75, 3.05) is 6.61 Å². The highest BCUT2D eigenvalue weighted by Gasteiger charge is 2.28. The number of amides is 1. The van der Waals surface area contributed by atoms with E-state index in [4.69, 9.17) is 0 Å². The molecule has 0 aromatic rings. The van der Waals surface area contributed by atoms with Gasteiger partial charge in [-0.3, -0.25) is 4.79 Å². The van der Waals surface area contributed by atoms with Crippen LogP contribution in [0.2, 0.25) is 0 Å². The standard InChI is InChI=1S/C72H139NO5/c1-3-5-7-9-11-13-15-17-19-21-23-25-27-29-31-32-33-34-35-36-37-38-39-40-42-44-46-48-50-52-54-56-58-60-62-64-66-70(76)72(78)73-68(67-74)71(77)69(75)65-63-61-59-57-55-53-51-49-47-45-43-41-30-28-26-24-22-20-18-16-14-12-10-8-6-4-2/h34-35,49,51,57,59,68-71,74-77H,3-33,36-48,50,52-56,58,60-67H2,1-2H3,(H,73,78)/b35-34-,51-49+,59-57+. The van der Waals surface area contributed by atoms with Crippen LogP contribution < -0.4 is 5.32 Å². The smallest absolute Gasteiger partial charge is 0.249 e. The quantitative estimate of drug-likeness (QED) is 0.0308. The predicted molar refractivity (Wildman–Crippen MR) is 344 cm³/mol. The van der Waals surface area contributed by atoms with Crippen molar-refractivity contribution in [3.05, 3.63) is 36.5 Å². The second-order valence-corrected chi connectivity index (χ2v) is 24.6. The number of nitrogens with one attached hydrogen (secondary N) is 1. The van der Waals surface area contributed by atoms with E-state index in [1.54, 1.807) is 0 Å². The monoisotopic (exact) mass is 1100 g/mol. The molecule has 0 aromatic carbocycles. The maximum atomic E-state index is 12.7. The Balaban J connectivity index is 3.57. The summed E-state index contributed by atoms with van der Waals surface area (Å²) in [5.41, 5.74) is 0. The third-order valence-electron chi connectivity index (χ3n) is 16.8. The molecule has 78 heavy (non-hydrogen) atoms. The van der Waals surface area contributed by atoms with Gasteiger partial charge in [0.05, 0.1) is 18.8 Å². The first kappa shape index (κ1) is 76.5. The van der Waals surface area contributed by atoms with Crippen LogP contribution >= 0.6 is 0 Å². The maximum absolute atomic E-state index is 12.7. The van der Waals surface area contributed by atoms with Gasteiger partial charge < -0.3 is 25.7 Å². The summed E-state index contributed by atoms with van der Waals surface area (Å²) < 4.78 is 0. The van der Waals surface area contributed by atoms with Crippen molar-refractivity contribution < 1.29 is 25.2 Å². The molecule has 462 valence electrons. The Bertz CT molecular complexity index is 1230. The number of hydrogen-bond donors (Lipinski definition) is 5. The van der Waals surface area contributed by atoms with Crippen molar-refractivity contribution in [2.24, 2.45) is 0 Å². The molecular weight excluding hydrogens is 959 g/mol. The molecule has 6 heteroatoms. The van der Waals surface area contributed by atoms with Crippen LogP contribution in [0.4, 0.5) is 0 Å². The third kappa shape index (κ3) is 59.2. The van der Waals surface area contributed by atoms with Gasteiger partial charge in [0.25, 0.3) is 0 Å². The summed E-state index contributed by atoms with van der Waals surface area (Å²) in [4.78, 5) is 12.7. The number of allylic oxidation sites excluding steroid dienone is 6. The minimum absolute atomic E-state index is 0.362. The first-order valence-corrected chi connectivity index (χ1v) is 35.4. The van der Waals surface area contributed by atoms with Crippen molar-refractivity contribution in [1.29, 1.82) is 0 Å². The van der Waals surface area contributed by atoms with Gasteiger partial charge in [-0.25, -0.2) is 0 Å². The Morgan fingerprint density at radius 2 is 0.538 bits per heavy atom. The Morgan fingerprint density at radius 1 is 0.308 bits per heavy atom. The number of carbonyl (C=O) groups excluding carboxylic acids is 1. The van der Waals surface area contributed by atoms with Gasteiger partial charge in [-0.2, -0.15) is 0 Å². The average molecular weight is 1100 g/mol. The fourth-order valence-electron chi connectivity index (χ4n) is 11.3. The average Bonchev–Trinajstić information content (AvgIpc) is 3.45. The van der Waals surface area contributed by atoms with Crippen LogP contribution in [-0.2, 0) is 4.79 Å². The van der Waals surface area contributed by atoms with Gasteiger partial charge in [0.15, 0.2) is 0 Å². The largest absolute Gasteiger partial charge is 0.394 e. The van der Waals surface area contributed by atoms with Crippen LogP contribution in [0, 0.1) is 0 Å². The molecule has 5 N–H and O–H groups in total. The number of unbranched alkanes of at least 4 members (excludes halogenated alkanes) is 51. The molecule has 0 rings (SSSR count). The second-order valence-electron chi connectivity index (χ2n) is 24.6. The normalized spacial score (nSPS) is 13.7. The molecule has 0 aliphatic rings. The van der Waals surface area contributed by atoms with Crippen LogP contribution in [0.15, 0.2) is 36.5 Å². The van der Waals surface area contributed by atoms with Crippen LogP contribution in [0.3, 0.4) is 0 Å². The van der Waals surface area contributed by atoms with Crippen LogP contribution in [-0.4, -0.2) is 57.3 Å². The first-order valence-electron chi connectivity index (χ1n) is 35.4. The van der Waals surface area contributed by atoms with Gasteiger partial charge in [0.1, 0.15) is 12.2 Å². The van der Waals surface area contributed by atoms with Crippen molar-refractivity contribution in [3.8, 4) is 0 Å². The van der Waals surface area contributed by atoms with Gasteiger partial charge in [-0.05, 0) is 77.0 Å². The molecule has 6 nitrogen and oxygen atoms in total. The Hall–Kier alpha value is -1.47. The van der Waals surface area contributed by atoms with Crippen LogP contribution in [0.1, 0.15) is 386 Å². The second kappa shape index (κ2) is 66.3. The Labute approximate surface area is 487 Å². The molecule has 4 unspecified atom stereocenters. The molecule has 4 atom stereocenters. The molecule has 0 aromatic heterocycles. The number of carbonyl (C=O) groups is 1. The van der Waals surface area contributed by atoms with E-state index < -0.39 is 36.9 Å². The lowest BCUT2D eigenvalue weighted by Crippen LogP contribution is -2.53. The fraction of sp³-hybridized carbons (Fsp3) is 0.903. The SMILES string of the molecule is CCCCCCCCCCCCCCCCCC/C=C\CCCCCCCCCCCCCCCCCCC(O)C(=O)NC(CO)C(O)C(O)CCC/C=C/CC/C=C/CCCCCCCCCCCCCCCCCCC. The third-order valence-corrected chi connectivity index (χ3v) is 16.8. The number of rotatable bonds is 66. The summed E-state index contributed by atoms with van der Waals surface area (Å²) in [6.45, 7) is 4.09. The van der Waals surface area contributed by atoms with E-state index in [0.29, 0.717) is 19.3 Å². The molecule has 0 radical (unpaired) electrons. The highest BCUT2D eigenvalue weighted by Crippen LogP contribution is 2.19. The number of aliphatic hydroxyl groups is 4. The Morgan fingerprint density at radius 3 is 0.808 bits per heavy atom. The van der Waals surface area contributed by atoms with E-state index >= 15 is 0 Å². The minimum atomic E-state index is -1.29. The zero-order valence-electron chi connectivity index (χ0n) is 52.7. The predicted octanol–water partition coefficient (Wildman–Crippen LogP) is 21.9. The van der Waals surface area contributed by atoms with Gasteiger partial charge >= 0.3 is 0 Å². The number of hydrogen-bond acceptors (Lipinski definition) is 5. The summed E-state index contributed by atoms with van der Waals surface area (Å²) in [5.74, 6) is -0.591. The molecule has 0 fully saturated rings. The highest BCUT2D eigenvalue weighted by atomic mass is 16.3. The molecule has 0 heterocycles. The molecule has 0 bridgehead atoms. The van der Waals surface area contributed by atoms with E-state index in [2.05, 4.69) is 55.6 Å². The zero-order valence-corrected chi connectivity index (χ0v) is 52.7. The number of aliphatic hydroxyl groups excluding tert-OH is 4. The van der Waals surface area contributed by atoms with Crippen molar-refractivity contribution in [2.45, 2.75) is 411 Å². The molecular formula is C72H139NO5. The molecule has 0 aliphatic carbocycles. The maximum Gasteiger partial charge on any atom is 0.249 e. The molecule has 1 amide bonds. The summed E-state index contributed by atoms with van der Waals surface area (Å²) in [7, 11) is 0. The van der Waals surface area contributed by atoms with E-state index in [1.807, 2.05) is 0 Å².